The Morgan fingerprint density at radius 2 is 2.17 bits per heavy atom. The zero-order valence-corrected chi connectivity index (χ0v) is 12.3. The quantitative estimate of drug-likeness (QED) is 0.863. The number of amides is 1. The fourth-order valence-electron chi connectivity index (χ4n) is 2.42. The van der Waals surface area contributed by atoms with Crippen LogP contribution in [0.25, 0.3) is 0 Å². The molecule has 0 atom stereocenters. The summed E-state index contributed by atoms with van der Waals surface area (Å²) < 4.78 is 0.609. The molecule has 0 saturated carbocycles. The molecule has 0 bridgehead atoms. The molecule has 0 radical (unpaired) electrons. The van der Waals surface area contributed by atoms with Crippen LogP contribution in [0.15, 0.2) is 22.7 Å². The first-order valence-electron chi connectivity index (χ1n) is 6.17. The van der Waals surface area contributed by atoms with Gasteiger partial charge in [-0.3, -0.25) is 4.79 Å². The van der Waals surface area contributed by atoms with Crippen LogP contribution in [0, 0.1) is 5.41 Å². The lowest BCUT2D eigenvalue weighted by Crippen LogP contribution is -2.43. The number of halogens is 1. The van der Waals surface area contributed by atoms with Gasteiger partial charge in [-0.15, -0.1) is 0 Å². The van der Waals surface area contributed by atoms with Gasteiger partial charge in [0.2, 0.25) is 0 Å². The lowest BCUT2D eigenvalue weighted by molar-refractivity contribution is 0.0583. The van der Waals surface area contributed by atoms with Gasteiger partial charge in [-0.1, -0.05) is 13.8 Å². The summed E-state index contributed by atoms with van der Waals surface area (Å²) in [5.74, 6) is 0.114. The zero-order chi connectivity index (χ0) is 13.3. The predicted molar refractivity (Wildman–Crippen MR) is 74.7 cm³/mol. The van der Waals surface area contributed by atoms with Crippen LogP contribution in [0.5, 0.6) is 5.75 Å². The van der Waals surface area contributed by atoms with Crippen LogP contribution in [-0.2, 0) is 0 Å². The molecule has 1 aliphatic rings. The standard InChI is InChI=1S/C14H18BrNO2/c1-14(2)6-3-7-16(9-14)13(18)10-4-5-11(15)12(17)8-10/h4-5,8,17H,3,6-7,9H2,1-2H3. The molecule has 1 N–H and O–H groups in total. The van der Waals surface area contributed by atoms with Gasteiger partial charge >= 0.3 is 0 Å². The number of phenolic OH excluding ortho intramolecular Hbond substituents is 1. The van der Waals surface area contributed by atoms with Crippen molar-refractivity contribution in [3.63, 3.8) is 0 Å². The van der Waals surface area contributed by atoms with Gasteiger partial charge in [0.25, 0.3) is 5.91 Å². The van der Waals surface area contributed by atoms with Gasteiger partial charge in [0.1, 0.15) is 5.75 Å². The van der Waals surface area contributed by atoms with Crippen molar-refractivity contribution in [3.05, 3.63) is 28.2 Å². The number of likely N-dealkylation sites (tertiary alicyclic amines) is 1. The Hall–Kier alpha value is -1.03. The number of aromatic hydroxyl groups is 1. The van der Waals surface area contributed by atoms with Crippen LogP contribution >= 0.6 is 15.9 Å². The molecule has 1 fully saturated rings. The lowest BCUT2D eigenvalue weighted by atomic mass is 9.84. The van der Waals surface area contributed by atoms with Gasteiger partial charge < -0.3 is 10.0 Å². The van der Waals surface area contributed by atoms with E-state index in [1.54, 1.807) is 12.1 Å². The summed E-state index contributed by atoms with van der Waals surface area (Å²) in [5.41, 5.74) is 0.735. The number of phenols is 1. The van der Waals surface area contributed by atoms with Crippen LogP contribution in [0.3, 0.4) is 0 Å². The molecule has 98 valence electrons. The summed E-state index contributed by atoms with van der Waals surface area (Å²) in [6.45, 7) is 5.96. The molecule has 2 rings (SSSR count). The lowest BCUT2D eigenvalue weighted by Gasteiger charge is -2.38. The molecule has 1 saturated heterocycles. The van der Waals surface area contributed by atoms with E-state index in [0.717, 1.165) is 25.9 Å². The Morgan fingerprint density at radius 3 is 2.78 bits per heavy atom. The fraction of sp³-hybridized carbons (Fsp3) is 0.500. The third kappa shape index (κ3) is 2.86. The molecule has 0 aromatic heterocycles. The normalized spacial score (nSPS) is 18.7. The van der Waals surface area contributed by atoms with Crippen molar-refractivity contribution in [2.24, 2.45) is 5.41 Å². The minimum absolute atomic E-state index is 0.00516. The number of rotatable bonds is 1. The third-order valence-corrected chi connectivity index (χ3v) is 4.05. The minimum Gasteiger partial charge on any atom is -0.507 e. The summed E-state index contributed by atoms with van der Waals surface area (Å²) in [7, 11) is 0. The first-order valence-corrected chi connectivity index (χ1v) is 6.96. The average molecular weight is 312 g/mol. The van der Waals surface area contributed by atoms with Crippen molar-refractivity contribution in [2.75, 3.05) is 13.1 Å². The highest BCUT2D eigenvalue weighted by molar-refractivity contribution is 9.10. The first-order chi connectivity index (χ1) is 8.39. The van der Waals surface area contributed by atoms with Crippen molar-refractivity contribution >= 4 is 21.8 Å². The predicted octanol–water partition coefficient (Wildman–Crippen LogP) is 3.42. The van der Waals surface area contributed by atoms with Gasteiger partial charge in [0, 0.05) is 18.7 Å². The van der Waals surface area contributed by atoms with E-state index in [4.69, 9.17) is 0 Å². The molecule has 1 aromatic rings. The zero-order valence-electron chi connectivity index (χ0n) is 10.7. The maximum atomic E-state index is 12.4. The van der Waals surface area contributed by atoms with Crippen LogP contribution in [0.2, 0.25) is 0 Å². The fourth-order valence-corrected chi connectivity index (χ4v) is 2.67. The Morgan fingerprint density at radius 1 is 1.44 bits per heavy atom. The average Bonchev–Trinajstić information content (AvgIpc) is 2.30. The highest BCUT2D eigenvalue weighted by atomic mass is 79.9. The van der Waals surface area contributed by atoms with E-state index in [-0.39, 0.29) is 17.1 Å². The summed E-state index contributed by atoms with van der Waals surface area (Å²) in [6.07, 6.45) is 2.20. The van der Waals surface area contributed by atoms with E-state index in [1.807, 2.05) is 4.90 Å². The molecule has 0 spiro atoms. The van der Waals surface area contributed by atoms with E-state index in [9.17, 15) is 9.90 Å². The van der Waals surface area contributed by atoms with E-state index in [1.165, 1.54) is 6.07 Å². The van der Waals surface area contributed by atoms with E-state index in [0.29, 0.717) is 10.0 Å². The van der Waals surface area contributed by atoms with Gasteiger partial charge in [-0.05, 0) is 52.4 Å². The molecule has 3 nitrogen and oxygen atoms in total. The first kappa shape index (κ1) is 13.4. The number of benzene rings is 1. The van der Waals surface area contributed by atoms with Crippen molar-refractivity contribution in [1.82, 2.24) is 4.90 Å². The van der Waals surface area contributed by atoms with E-state index in [2.05, 4.69) is 29.8 Å². The third-order valence-electron chi connectivity index (χ3n) is 3.38. The number of hydrogen-bond donors (Lipinski definition) is 1. The Bertz CT molecular complexity index is 471. The summed E-state index contributed by atoms with van der Waals surface area (Å²) >= 11 is 3.22. The topological polar surface area (TPSA) is 40.5 Å². The number of piperidine rings is 1. The van der Waals surface area contributed by atoms with Crippen LogP contribution < -0.4 is 0 Å². The molecule has 4 heteroatoms. The van der Waals surface area contributed by atoms with Crippen LogP contribution in [0.1, 0.15) is 37.0 Å². The van der Waals surface area contributed by atoms with Crippen molar-refractivity contribution < 1.29 is 9.90 Å². The SMILES string of the molecule is CC1(C)CCCN(C(=O)c2ccc(Br)c(O)c2)C1. The van der Waals surface area contributed by atoms with Gasteiger partial charge in [-0.25, -0.2) is 0 Å². The number of nitrogens with zero attached hydrogens (tertiary/aromatic N) is 1. The Labute approximate surface area is 116 Å². The van der Waals surface area contributed by atoms with Gasteiger partial charge in [-0.2, -0.15) is 0 Å². The largest absolute Gasteiger partial charge is 0.507 e. The molecule has 1 aromatic carbocycles. The molecular formula is C14H18BrNO2. The van der Waals surface area contributed by atoms with Crippen molar-refractivity contribution in [3.8, 4) is 5.75 Å². The van der Waals surface area contributed by atoms with Crippen LogP contribution in [0.4, 0.5) is 0 Å². The van der Waals surface area contributed by atoms with E-state index < -0.39 is 0 Å². The van der Waals surface area contributed by atoms with Crippen molar-refractivity contribution in [2.45, 2.75) is 26.7 Å². The van der Waals surface area contributed by atoms with Crippen LogP contribution in [-0.4, -0.2) is 29.0 Å². The second kappa shape index (κ2) is 4.92. The number of carbonyl (C=O) groups is 1. The highest BCUT2D eigenvalue weighted by Gasteiger charge is 2.29. The maximum Gasteiger partial charge on any atom is 0.254 e. The number of hydrogen-bond acceptors (Lipinski definition) is 2. The molecule has 1 amide bonds. The van der Waals surface area contributed by atoms with E-state index >= 15 is 0 Å². The molecule has 1 aliphatic heterocycles. The van der Waals surface area contributed by atoms with Gasteiger partial charge in [0.05, 0.1) is 4.47 Å². The van der Waals surface area contributed by atoms with Crippen molar-refractivity contribution in [1.29, 1.82) is 0 Å². The Balaban J connectivity index is 2.18. The molecule has 0 aliphatic carbocycles. The highest BCUT2D eigenvalue weighted by Crippen LogP contribution is 2.30. The number of carbonyl (C=O) groups excluding carboxylic acids is 1. The molecule has 0 unspecified atom stereocenters. The van der Waals surface area contributed by atoms with Gasteiger partial charge in [0.15, 0.2) is 0 Å². The second-order valence-electron chi connectivity index (χ2n) is 5.66. The summed E-state index contributed by atoms with van der Waals surface area (Å²) in [4.78, 5) is 14.2. The molecule has 18 heavy (non-hydrogen) atoms. The monoisotopic (exact) mass is 311 g/mol. The summed E-state index contributed by atoms with van der Waals surface area (Å²) in [6, 6.07) is 4.97. The second-order valence-corrected chi connectivity index (χ2v) is 6.52. The minimum atomic E-state index is 0.00516. The smallest absolute Gasteiger partial charge is 0.254 e. The molecular weight excluding hydrogens is 294 g/mol. The maximum absolute atomic E-state index is 12.4. The molecule has 1 heterocycles. The summed E-state index contributed by atoms with van der Waals surface area (Å²) in [5, 5.41) is 9.63. The Kier molecular flexibility index (Phi) is 3.66.